The van der Waals surface area contributed by atoms with Crippen molar-refractivity contribution in [2.24, 2.45) is 0 Å². The molecule has 4 N–H and O–H groups in total. The SMILES string of the molecule is COc1cc(-c2cnc(N)nc2N)cc(OC)c1OC. The quantitative estimate of drug-likeness (QED) is 0.867. The summed E-state index contributed by atoms with van der Waals surface area (Å²) < 4.78 is 15.9. The molecule has 1 heterocycles. The van der Waals surface area contributed by atoms with Gasteiger partial charge >= 0.3 is 0 Å². The van der Waals surface area contributed by atoms with Crippen LogP contribution in [0.1, 0.15) is 0 Å². The number of aromatic nitrogens is 2. The number of nitrogens with two attached hydrogens (primary N) is 2. The van der Waals surface area contributed by atoms with Crippen LogP contribution in [0.5, 0.6) is 17.2 Å². The molecule has 2 rings (SSSR count). The molecule has 0 saturated heterocycles. The van der Waals surface area contributed by atoms with E-state index in [4.69, 9.17) is 25.7 Å². The van der Waals surface area contributed by atoms with Gasteiger partial charge in [0.05, 0.1) is 21.3 Å². The lowest BCUT2D eigenvalue weighted by Gasteiger charge is -2.14. The zero-order valence-electron chi connectivity index (χ0n) is 11.5. The van der Waals surface area contributed by atoms with Gasteiger partial charge in [-0.05, 0) is 17.7 Å². The lowest BCUT2D eigenvalue weighted by molar-refractivity contribution is 0.324. The summed E-state index contributed by atoms with van der Waals surface area (Å²) in [6.45, 7) is 0. The molecule has 0 aliphatic heterocycles. The Hall–Kier alpha value is -2.70. The van der Waals surface area contributed by atoms with Crippen molar-refractivity contribution in [3.8, 4) is 28.4 Å². The molecule has 7 heteroatoms. The Morgan fingerprint density at radius 1 is 0.950 bits per heavy atom. The first-order valence-corrected chi connectivity index (χ1v) is 5.79. The maximum atomic E-state index is 5.86. The van der Waals surface area contributed by atoms with Crippen LogP contribution in [0.25, 0.3) is 11.1 Å². The first-order valence-electron chi connectivity index (χ1n) is 5.79. The van der Waals surface area contributed by atoms with Crippen LogP contribution < -0.4 is 25.7 Å². The van der Waals surface area contributed by atoms with Gasteiger partial charge in [0.25, 0.3) is 0 Å². The number of hydrogen-bond acceptors (Lipinski definition) is 7. The molecule has 0 aliphatic rings. The third-order valence-corrected chi connectivity index (χ3v) is 2.81. The lowest BCUT2D eigenvalue weighted by Crippen LogP contribution is -2.02. The topological polar surface area (TPSA) is 106 Å². The molecule has 0 amide bonds. The first-order chi connectivity index (χ1) is 9.60. The predicted molar refractivity (Wildman–Crippen MR) is 75.9 cm³/mol. The molecular weight excluding hydrogens is 260 g/mol. The van der Waals surface area contributed by atoms with Gasteiger partial charge < -0.3 is 25.7 Å². The summed E-state index contributed by atoms with van der Waals surface area (Å²) >= 11 is 0. The number of nitrogen functional groups attached to an aromatic ring is 2. The van der Waals surface area contributed by atoms with Gasteiger partial charge in [0, 0.05) is 11.8 Å². The van der Waals surface area contributed by atoms with Crippen molar-refractivity contribution in [3.05, 3.63) is 18.3 Å². The van der Waals surface area contributed by atoms with Crippen LogP contribution in [-0.2, 0) is 0 Å². The molecule has 0 unspecified atom stereocenters. The van der Waals surface area contributed by atoms with Crippen molar-refractivity contribution in [1.82, 2.24) is 9.97 Å². The van der Waals surface area contributed by atoms with Crippen LogP contribution in [0.15, 0.2) is 18.3 Å². The van der Waals surface area contributed by atoms with E-state index in [-0.39, 0.29) is 11.8 Å². The Labute approximate surface area is 116 Å². The van der Waals surface area contributed by atoms with E-state index >= 15 is 0 Å². The van der Waals surface area contributed by atoms with E-state index in [0.717, 1.165) is 5.56 Å². The van der Waals surface area contributed by atoms with E-state index in [0.29, 0.717) is 22.8 Å². The number of rotatable bonds is 4. The highest BCUT2D eigenvalue weighted by atomic mass is 16.5. The Kier molecular flexibility index (Phi) is 3.79. The van der Waals surface area contributed by atoms with E-state index < -0.39 is 0 Å². The molecular formula is C13H16N4O3. The third kappa shape index (κ3) is 2.37. The fraction of sp³-hybridized carbons (Fsp3) is 0.231. The van der Waals surface area contributed by atoms with Gasteiger partial charge in [-0.1, -0.05) is 0 Å². The number of hydrogen-bond donors (Lipinski definition) is 2. The fourth-order valence-electron chi connectivity index (χ4n) is 1.87. The number of methoxy groups -OCH3 is 3. The summed E-state index contributed by atoms with van der Waals surface area (Å²) in [5, 5.41) is 0. The zero-order chi connectivity index (χ0) is 14.7. The largest absolute Gasteiger partial charge is 0.493 e. The standard InChI is InChI=1S/C13H16N4O3/c1-18-9-4-7(5-10(19-2)11(9)20-3)8-6-16-13(15)17-12(8)14/h4-6H,1-3H3,(H4,14,15,16,17). The second-order valence-electron chi connectivity index (χ2n) is 3.94. The molecule has 1 aromatic heterocycles. The van der Waals surface area contributed by atoms with Gasteiger partial charge in [0.1, 0.15) is 5.82 Å². The molecule has 1 aromatic carbocycles. The minimum Gasteiger partial charge on any atom is -0.493 e. The number of benzene rings is 1. The molecule has 0 aliphatic carbocycles. The Bertz CT molecular complexity index is 606. The molecule has 7 nitrogen and oxygen atoms in total. The van der Waals surface area contributed by atoms with Crippen molar-refractivity contribution < 1.29 is 14.2 Å². The number of anilines is 2. The van der Waals surface area contributed by atoms with Gasteiger partial charge in [0.2, 0.25) is 11.7 Å². The van der Waals surface area contributed by atoms with E-state index in [1.54, 1.807) is 39.7 Å². The van der Waals surface area contributed by atoms with Crippen LogP contribution >= 0.6 is 0 Å². The normalized spacial score (nSPS) is 10.2. The minimum absolute atomic E-state index is 0.124. The highest BCUT2D eigenvalue weighted by molar-refractivity contribution is 5.77. The molecule has 0 spiro atoms. The summed E-state index contributed by atoms with van der Waals surface area (Å²) in [6, 6.07) is 3.54. The van der Waals surface area contributed by atoms with Gasteiger partial charge in [-0.15, -0.1) is 0 Å². The van der Waals surface area contributed by atoms with Crippen LogP contribution in [0, 0.1) is 0 Å². The van der Waals surface area contributed by atoms with Crippen molar-refractivity contribution in [2.75, 3.05) is 32.8 Å². The number of ether oxygens (including phenoxy) is 3. The first kappa shape index (κ1) is 13.7. The van der Waals surface area contributed by atoms with Crippen LogP contribution in [-0.4, -0.2) is 31.3 Å². The van der Waals surface area contributed by atoms with Crippen LogP contribution in [0.3, 0.4) is 0 Å². The molecule has 0 radical (unpaired) electrons. The predicted octanol–water partition coefficient (Wildman–Crippen LogP) is 1.33. The summed E-state index contributed by atoms with van der Waals surface area (Å²) in [5.41, 5.74) is 12.7. The Balaban J connectivity index is 2.62. The second kappa shape index (κ2) is 5.52. The molecule has 0 fully saturated rings. The number of nitrogens with zero attached hydrogens (tertiary/aromatic N) is 2. The summed E-state index contributed by atoms with van der Waals surface area (Å²) in [7, 11) is 4.63. The minimum atomic E-state index is 0.124. The average Bonchev–Trinajstić information content (AvgIpc) is 2.45. The Morgan fingerprint density at radius 3 is 2.00 bits per heavy atom. The Morgan fingerprint density at radius 2 is 1.55 bits per heavy atom. The second-order valence-corrected chi connectivity index (χ2v) is 3.94. The van der Waals surface area contributed by atoms with Gasteiger partial charge in [-0.25, -0.2) is 4.98 Å². The van der Waals surface area contributed by atoms with E-state index in [9.17, 15) is 0 Å². The van der Waals surface area contributed by atoms with Gasteiger partial charge in [-0.3, -0.25) is 0 Å². The maximum absolute atomic E-state index is 5.86. The van der Waals surface area contributed by atoms with Crippen molar-refractivity contribution in [3.63, 3.8) is 0 Å². The third-order valence-electron chi connectivity index (χ3n) is 2.81. The highest BCUT2D eigenvalue weighted by Crippen LogP contribution is 2.41. The zero-order valence-corrected chi connectivity index (χ0v) is 11.5. The molecule has 0 saturated carbocycles. The summed E-state index contributed by atoms with van der Waals surface area (Å²) in [4.78, 5) is 7.88. The molecule has 106 valence electrons. The van der Waals surface area contributed by atoms with Crippen molar-refractivity contribution in [2.45, 2.75) is 0 Å². The van der Waals surface area contributed by atoms with Gasteiger partial charge in [-0.2, -0.15) is 4.98 Å². The average molecular weight is 276 g/mol. The monoisotopic (exact) mass is 276 g/mol. The van der Waals surface area contributed by atoms with E-state index in [1.807, 2.05) is 0 Å². The molecule has 0 atom stereocenters. The fourth-order valence-corrected chi connectivity index (χ4v) is 1.87. The molecule has 2 aromatic rings. The molecule has 20 heavy (non-hydrogen) atoms. The smallest absolute Gasteiger partial charge is 0.221 e. The van der Waals surface area contributed by atoms with E-state index in [2.05, 4.69) is 9.97 Å². The summed E-state index contributed by atoms with van der Waals surface area (Å²) in [6.07, 6.45) is 1.55. The van der Waals surface area contributed by atoms with Crippen LogP contribution in [0.2, 0.25) is 0 Å². The highest BCUT2D eigenvalue weighted by Gasteiger charge is 2.16. The van der Waals surface area contributed by atoms with Crippen molar-refractivity contribution in [1.29, 1.82) is 0 Å². The summed E-state index contributed by atoms with van der Waals surface area (Å²) in [5.74, 6) is 1.97. The van der Waals surface area contributed by atoms with E-state index in [1.165, 1.54) is 0 Å². The van der Waals surface area contributed by atoms with Gasteiger partial charge in [0.15, 0.2) is 11.5 Å². The van der Waals surface area contributed by atoms with Crippen LogP contribution in [0.4, 0.5) is 11.8 Å². The molecule has 0 bridgehead atoms. The maximum Gasteiger partial charge on any atom is 0.221 e. The van der Waals surface area contributed by atoms with Crippen molar-refractivity contribution >= 4 is 11.8 Å². The lowest BCUT2D eigenvalue weighted by atomic mass is 10.1.